The Balaban J connectivity index is 1.39. The van der Waals surface area contributed by atoms with Gasteiger partial charge in [0.1, 0.15) is 5.75 Å². The third-order valence-corrected chi connectivity index (χ3v) is 4.23. The van der Waals surface area contributed by atoms with E-state index < -0.39 is 6.10 Å². The zero-order chi connectivity index (χ0) is 20.2. The highest BCUT2D eigenvalue weighted by Crippen LogP contribution is 2.25. The van der Waals surface area contributed by atoms with Gasteiger partial charge in [-0.05, 0) is 67.9 Å². The number of aromatic nitrogens is 2. The van der Waals surface area contributed by atoms with E-state index in [2.05, 4.69) is 15.5 Å². The van der Waals surface area contributed by atoms with Crippen LogP contribution in [0.4, 0.5) is 5.69 Å². The lowest BCUT2D eigenvalue weighted by Gasteiger charge is -2.15. The van der Waals surface area contributed by atoms with Gasteiger partial charge >= 0.3 is 0 Å². The molecular formula is C22H19N3O4. The molecule has 0 aliphatic heterocycles. The van der Waals surface area contributed by atoms with Gasteiger partial charge < -0.3 is 18.9 Å². The maximum Gasteiger partial charge on any atom is 0.283 e. The Bertz CT molecular complexity index is 1100. The van der Waals surface area contributed by atoms with Crippen LogP contribution in [0.2, 0.25) is 0 Å². The van der Waals surface area contributed by atoms with E-state index in [4.69, 9.17) is 13.6 Å². The van der Waals surface area contributed by atoms with Crippen molar-refractivity contribution in [3.63, 3.8) is 0 Å². The second-order valence-corrected chi connectivity index (χ2v) is 6.53. The Morgan fingerprint density at radius 1 is 1.03 bits per heavy atom. The summed E-state index contributed by atoms with van der Waals surface area (Å²) in [6.45, 7) is 3.68. The van der Waals surface area contributed by atoms with Gasteiger partial charge in [0.2, 0.25) is 5.89 Å². The van der Waals surface area contributed by atoms with Crippen LogP contribution in [0.15, 0.2) is 75.8 Å². The van der Waals surface area contributed by atoms with Gasteiger partial charge in [0.05, 0.1) is 6.26 Å². The van der Waals surface area contributed by atoms with Crippen LogP contribution in [0.1, 0.15) is 12.5 Å². The summed E-state index contributed by atoms with van der Waals surface area (Å²) < 4.78 is 16.6. The molecule has 0 aliphatic carbocycles. The summed E-state index contributed by atoms with van der Waals surface area (Å²) in [6, 6.07) is 18.2. The monoisotopic (exact) mass is 389 g/mol. The topological polar surface area (TPSA) is 90.4 Å². The molecule has 7 heteroatoms. The average molecular weight is 389 g/mol. The first-order chi connectivity index (χ1) is 14.1. The number of ether oxygens (including phenoxy) is 1. The standard InChI is InChI=1S/C22H19N3O4/c1-14-5-3-6-18(13-14)28-15(2)20(26)23-17-10-8-16(9-11-17)21-24-25-22(29-21)19-7-4-12-27-19/h3-13,15H,1-2H3,(H,23,26). The predicted octanol–water partition coefficient (Wildman–Crippen LogP) is 4.71. The first-order valence-electron chi connectivity index (χ1n) is 9.10. The van der Waals surface area contributed by atoms with Crippen LogP contribution in [0.5, 0.6) is 5.75 Å². The van der Waals surface area contributed by atoms with E-state index in [0.29, 0.717) is 29.0 Å². The summed E-state index contributed by atoms with van der Waals surface area (Å²) >= 11 is 0. The van der Waals surface area contributed by atoms with Crippen LogP contribution >= 0.6 is 0 Å². The highest BCUT2D eigenvalue weighted by molar-refractivity contribution is 5.94. The summed E-state index contributed by atoms with van der Waals surface area (Å²) in [5.41, 5.74) is 2.45. The third kappa shape index (κ3) is 4.35. The second kappa shape index (κ2) is 8.02. The van der Waals surface area contributed by atoms with Crippen molar-refractivity contribution in [2.75, 3.05) is 5.32 Å². The van der Waals surface area contributed by atoms with Gasteiger partial charge in [-0.25, -0.2) is 0 Å². The lowest BCUT2D eigenvalue weighted by Crippen LogP contribution is -2.30. The molecule has 0 spiro atoms. The summed E-state index contributed by atoms with van der Waals surface area (Å²) in [4.78, 5) is 12.4. The zero-order valence-corrected chi connectivity index (χ0v) is 16.0. The molecule has 1 atom stereocenters. The quantitative estimate of drug-likeness (QED) is 0.513. The number of benzene rings is 2. The lowest BCUT2D eigenvalue weighted by atomic mass is 10.2. The van der Waals surface area contributed by atoms with Gasteiger partial charge in [-0.2, -0.15) is 0 Å². The fourth-order valence-corrected chi connectivity index (χ4v) is 2.73. The van der Waals surface area contributed by atoms with Crippen molar-refractivity contribution in [2.45, 2.75) is 20.0 Å². The van der Waals surface area contributed by atoms with Crippen LogP contribution in [-0.2, 0) is 4.79 Å². The molecule has 2 aromatic carbocycles. The number of aryl methyl sites for hydroxylation is 1. The SMILES string of the molecule is Cc1cccc(OC(C)C(=O)Nc2ccc(-c3nnc(-c4ccco4)o3)cc2)c1. The number of amides is 1. The number of rotatable bonds is 6. The van der Waals surface area contributed by atoms with Gasteiger partial charge in [0, 0.05) is 11.3 Å². The number of furan rings is 1. The fraction of sp³-hybridized carbons (Fsp3) is 0.136. The number of nitrogens with zero attached hydrogens (tertiary/aromatic N) is 2. The molecule has 1 N–H and O–H groups in total. The van der Waals surface area contributed by atoms with E-state index in [1.165, 1.54) is 0 Å². The number of carbonyl (C=O) groups excluding carboxylic acids is 1. The van der Waals surface area contributed by atoms with Crippen molar-refractivity contribution < 1.29 is 18.4 Å². The Morgan fingerprint density at radius 2 is 1.83 bits per heavy atom. The Morgan fingerprint density at radius 3 is 2.55 bits per heavy atom. The van der Waals surface area contributed by atoms with Gasteiger partial charge in [-0.1, -0.05) is 12.1 Å². The van der Waals surface area contributed by atoms with Crippen molar-refractivity contribution in [3.05, 3.63) is 72.5 Å². The summed E-state index contributed by atoms with van der Waals surface area (Å²) in [5.74, 6) is 1.61. The highest BCUT2D eigenvalue weighted by Gasteiger charge is 2.16. The number of hydrogen-bond donors (Lipinski definition) is 1. The fourth-order valence-electron chi connectivity index (χ4n) is 2.73. The Labute approximate surface area is 167 Å². The van der Waals surface area contributed by atoms with Crippen LogP contribution in [-0.4, -0.2) is 22.2 Å². The molecule has 1 amide bonds. The number of anilines is 1. The van der Waals surface area contributed by atoms with E-state index in [1.54, 1.807) is 49.6 Å². The first-order valence-corrected chi connectivity index (χ1v) is 9.10. The first kappa shape index (κ1) is 18.5. The molecule has 7 nitrogen and oxygen atoms in total. The van der Waals surface area contributed by atoms with Crippen molar-refractivity contribution in [2.24, 2.45) is 0 Å². The van der Waals surface area contributed by atoms with Crippen LogP contribution < -0.4 is 10.1 Å². The van der Waals surface area contributed by atoms with Crippen molar-refractivity contribution >= 4 is 11.6 Å². The summed E-state index contributed by atoms with van der Waals surface area (Å²) in [6.07, 6.45) is 0.906. The molecule has 2 heterocycles. The van der Waals surface area contributed by atoms with Gasteiger partial charge in [0.25, 0.3) is 11.8 Å². The molecule has 29 heavy (non-hydrogen) atoms. The molecule has 0 saturated heterocycles. The van der Waals surface area contributed by atoms with Crippen molar-refractivity contribution in [3.8, 4) is 28.9 Å². The van der Waals surface area contributed by atoms with Gasteiger partial charge in [-0.3, -0.25) is 4.79 Å². The number of hydrogen-bond acceptors (Lipinski definition) is 6. The van der Waals surface area contributed by atoms with E-state index in [9.17, 15) is 4.79 Å². The second-order valence-electron chi connectivity index (χ2n) is 6.53. The number of nitrogens with one attached hydrogen (secondary N) is 1. The highest BCUT2D eigenvalue weighted by atomic mass is 16.5. The van der Waals surface area contributed by atoms with Gasteiger partial charge in [0.15, 0.2) is 11.9 Å². The van der Waals surface area contributed by atoms with Crippen molar-refractivity contribution in [1.82, 2.24) is 10.2 Å². The predicted molar refractivity (Wildman–Crippen MR) is 107 cm³/mol. The molecular weight excluding hydrogens is 370 g/mol. The minimum atomic E-state index is -0.636. The maximum atomic E-state index is 12.4. The molecule has 146 valence electrons. The minimum Gasteiger partial charge on any atom is -0.481 e. The Hall–Kier alpha value is -3.87. The maximum absolute atomic E-state index is 12.4. The molecule has 1 unspecified atom stereocenters. The number of carbonyl (C=O) groups is 1. The van der Waals surface area contributed by atoms with Gasteiger partial charge in [-0.15, -0.1) is 10.2 Å². The summed E-state index contributed by atoms with van der Waals surface area (Å²) in [5, 5.41) is 10.8. The molecule has 2 aromatic heterocycles. The minimum absolute atomic E-state index is 0.239. The zero-order valence-electron chi connectivity index (χ0n) is 16.0. The largest absolute Gasteiger partial charge is 0.481 e. The smallest absolute Gasteiger partial charge is 0.283 e. The molecule has 0 fully saturated rings. The Kier molecular flexibility index (Phi) is 5.11. The molecule has 4 aromatic rings. The van der Waals surface area contributed by atoms with E-state index in [-0.39, 0.29) is 5.91 Å². The van der Waals surface area contributed by atoms with Crippen LogP contribution in [0.3, 0.4) is 0 Å². The van der Waals surface area contributed by atoms with Crippen molar-refractivity contribution in [1.29, 1.82) is 0 Å². The average Bonchev–Trinajstić information content (AvgIpc) is 3.40. The lowest BCUT2D eigenvalue weighted by molar-refractivity contribution is -0.122. The van der Waals surface area contributed by atoms with E-state index in [1.807, 2.05) is 31.2 Å². The van der Waals surface area contributed by atoms with Crippen LogP contribution in [0.25, 0.3) is 23.1 Å². The molecule has 4 rings (SSSR count). The van der Waals surface area contributed by atoms with E-state index in [0.717, 1.165) is 11.1 Å². The normalized spacial score (nSPS) is 11.8. The van der Waals surface area contributed by atoms with Crippen LogP contribution in [0, 0.1) is 6.92 Å². The molecule has 0 radical (unpaired) electrons. The molecule has 0 aliphatic rings. The third-order valence-electron chi connectivity index (χ3n) is 4.23. The van der Waals surface area contributed by atoms with E-state index >= 15 is 0 Å². The molecule has 0 bridgehead atoms. The molecule has 0 saturated carbocycles. The summed E-state index contributed by atoms with van der Waals surface area (Å²) in [7, 11) is 0.